The van der Waals surface area contributed by atoms with Gasteiger partial charge in [0.15, 0.2) is 0 Å². The quantitative estimate of drug-likeness (QED) is 0.632. The molecule has 0 saturated carbocycles. The zero-order valence-electron chi connectivity index (χ0n) is 15.1. The van der Waals surface area contributed by atoms with Gasteiger partial charge in [-0.05, 0) is 30.2 Å². The predicted octanol–water partition coefficient (Wildman–Crippen LogP) is 3.26. The van der Waals surface area contributed by atoms with Gasteiger partial charge in [-0.15, -0.1) is 0 Å². The van der Waals surface area contributed by atoms with E-state index in [0.29, 0.717) is 5.56 Å². The summed E-state index contributed by atoms with van der Waals surface area (Å²) in [5, 5.41) is 7.99. The van der Waals surface area contributed by atoms with Crippen LogP contribution in [0.15, 0.2) is 42.7 Å². The lowest BCUT2D eigenvalue weighted by molar-refractivity contribution is 0.0963. The number of carbonyl (C=O) groups is 1. The third-order valence-corrected chi connectivity index (χ3v) is 5.21. The van der Waals surface area contributed by atoms with E-state index >= 15 is 0 Å². The van der Waals surface area contributed by atoms with Crippen LogP contribution in [0, 0.1) is 0 Å². The minimum atomic E-state index is -0.137. The lowest BCUT2D eigenvalue weighted by atomic mass is 10.1. The van der Waals surface area contributed by atoms with E-state index in [4.69, 9.17) is 11.6 Å². The molecule has 1 aromatic carbocycles. The highest BCUT2D eigenvalue weighted by Gasteiger charge is 2.25. The number of aromatic amines is 1. The minimum Gasteiger partial charge on any atom is -0.380 e. The summed E-state index contributed by atoms with van der Waals surface area (Å²) in [6.45, 7) is 2.78. The van der Waals surface area contributed by atoms with Gasteiger partial charge in [0, 0.05) is 55.5 Å². The standard InChI is InChI=1S/C20H22ClN5O/c1-22-20(27)17-10-24-19-16(5-7-23-19)18(17)25-15-6-8-26(12-15)11-13-3-2-4-14(21)9-13/h2-5,7,9-10,15H,6,8,11-12H2,1H3,(H,22,27)(H2,23,24,25)/t15-/m1/s1. The van der Waals surface area contributed by atoms with E-state index in [0.717, 1.165) is 47.8 Å². The zero-order valence-corrected chi connectivity index (χ0v) is 15.9. The molecule has 1 saturated heterocycles. The summed E-state index contributed by atoms with van der Waals surface area (Å²) in [7, 11) is 1.63. The van der Waals surface area contributed by atoms with Crippen LogP contribution in [0.2, 0.25) is 5.02 Å². The number of amides is 1. The summed E-state index contributed by atoms with van der Waals surface area (Å²) in [5.41, 5.74) is 3.40. The molecule has 7 heteroatoms. The number of likely N-dealkylation sites (tertiary alicyclic amines) is 1. The normalized spacial score (nSPS) is 17.3. The monoisotopic (exact) mass is 383 g/mol. The summed E-state index contributed by atoms with van der Waals surface area (Å²) in [6.07, 6.45) is 4.48. The summed E-state index contributed by atoms with van der Waals surface area (Å²) in [5.74, 6) is -0.137. The predicted molar refractivity (Wildman–Crippen MR) is 108 cm³/mol. The van der Waals surface area contributed by atoms with Crippen LogP contribution in [0.4, 0.5) is 5.69 Å². The van der Waals surface area contributed by atoms with E-state index < -0.39 is 0 Å². The van der Waals surface area contributed by atoms with E-state index in [-0.39, 0.29) is 11.9 Å². The van der Waals surface area contributed by atoms with E-state index in [9.17, 15) is 4.79 Å². The number of anilines is 1. The molecule has 1 amide bonds. The first-order chi connectivity index (χ1) is 13.1. The maximum absolute atomic E-state index is 12.3. The summed E-state index contributed by atoms with van der Waals surface area (Å²) in [6, 6.07) is 10.2. The maximum Gasteiger partial charge on any atom is 0.254 e. The maximum atomic E-state index is 12.3. The number of nitrogens with one attached hydrogen (secondary N) is 3. The van der Waals surface area contributed by atoms with Crippen molar-refractivity contribution in [2.75, 3.05) is 25.5 Å². The van der Waals surface area contributed by atoms with Crippen LogP contribution in [0.3, 0.4) is 0 Å². The Morgan fingerprint density at radius 2 is 2.30 bits per heavy atom. The third-order valence-electron chi connectivity index (χ3n) is 4.97. The molecule has 6 nitrogen and oxygen atoms in total. The van der Waals surface area contributed by atoms with Gasteiger partial charge in [-0.1, -0.05) is 23.7 Å². The Kier molecular flexibility index (Phi) is 5.01. The average molecular weight is 384 g/mol. The molecule has 140 valence electrons. The van der Waals surface area contributed by atoms with Gasteiger partial charge in [0.1, 0.15) is 5.65 Å². The molecule has 27 heavy (non-hydrogen) atoms. The Balaban J connectivity index is 1.51. The Morgan fingerprint density at radius 1 is 1.41 bits per heavy atom. The lowest BCUT2D eigenvalue weighted by Gasteiger charge is -2.19. The lowest BCUT2D eigenvalue weighted by Crippen LogP contribution is -2.28. The number of H-pyrrole nitrogens is 1. The average Bonchev–Trinajstić information content (AvgIpc) is 3.31. The number of hydrogen-bond acceptors (Lipinski definition) is 4. The van der Waals surface area contributed by atoms with Crippen molar-refractivity contribution < 1.29 is 4.79 Å². The highest BCUT2D eigenvalue weighted by molar-refractivity contribution is 6.30. The van der Waals surface area contributed by atoms with Crippen molar-refractivity contribution in [3.8, 4) is 0 Å². The molecule has 0 radical (unpaired) electrons. The van der Waals surface area contributed by atoms with Crippen molar-refractivity contribution in [1.82, 2.24) is 20.2 Å². The molecule has 1 fully saturated rings. The highest BCUT2D eigenvalue weighted by Crippen LogP contribution is 2.28. The Hall–Kier alpha value is -2.57. The summed E-state index contributed by atoms with van der Waals surface area (Å²) in [4.78, 5) is 22.1. The SMILES string of the molecule is CNC(=O)c1cnc2[nH]ccc2c1N[C@@H]1CCN(Cc2cccc(Cl)c2)C1. The van der Waals surface area contributed by atoms with Crippen molar-refractivity contribution in [3.63, 3.8) is 0 Å². The van der Waals surface area contributed by atoms with Gasteiger partial charge < -0.3 is 15.6 Å². The fraction of sp³-hybridized carbons (Fsp3) is 0.300. The van der Waals surface area contributed by atoms with Crippen LogP contribution in [0.1, 0.15) is 22.3 Å². The first-order valence-corrected chi connectivity index (χ1v) is 9.43. The minimum absolute atomic E-state index is 0.137. The number of carbonyl (C=O) groups excluding carboxylic acids is 1. The fourth-order valence-corrected chi connectivity index (χ4v) is 3.87. The molecule has 4 rings (SSSR count). The van der Waals surface area contributed by atoms with Gasteiger partial charge in [0.05, 0.1) is 11.3 Å². The van der Waals surface area contributed by atoms with Gasteiger partial charge in [0.25, 0.3) is 5.91 Å². The molecule has 1 atom stereocenters. The number of pyridine rings is 1. The number of aromatic nitrogens is 2. The molecular formula is C20H22ClN5O. The molecule has 0 unspecified atom stereocenters. The molecule has 2 aromatic heterocycles. The van der Waals surface area contributed by atoms with E-state index in [1.54, 1.807) is 13.2 Å². The van der Waals surface area contributed by atoms with E-state index in [1.165, 1.54) is 5.56 Å². The van der Waals surface area contributed by atoms with Crippen LogP contribution in [0.5, 0.6) is 0 Å². The second kappa shape index (κ2) is 7.58. The first-order valence-electron chi connectivity index (χ1n) is 9.05. The number of nitrogens with zero attached hydrogens (tertiary/aromatic N) is 2. The van der Waals surface area contributed by atoms with Gasteiger partial charge in [0.2, 0.25) is 0 Å². The van der Waals surface area contributed by atoms with Crippen molar-refractivity contribution in [3.05, 3.63) is 58.9 Å². The summed E-state index contributed by atoms with van der Waals surface area (Å²) < 4.78 is 0. The topological polar surface area (TPSA) is 73.0 Å². The van der Waals surface area contributed by atoms with Gasteiger partial charge in [-0.3, -0.25) is 9.69 Å². The number of benzene rings is 1. The molecule has 0 bridgehead atoms. The zero-order chi connectivity index (χ0) is 18.8. The molecule has 0 aliphatic carbocycles. The second-order valence-corrected chi connectivity index (χ2v) is 7.30. The Morgan fingerprint density at radius 3 is 3.11 bits per heavy atom. The number of hydrogen-bond donors (Lipinski definition) is 3. The number of halogens is 1. The van der Waals surface area contributed by atoms with E-state index in [1.807, 2.05) is 30.5 Å². The third kappa shape index (κ3) is 3.77. The molecule has 3 heterocycles. The number of fused-ring (bicyclic) bond motifs is 1. The van der Waals surface area contributed by atoms with Crippen LogP contribution < -0.4 is 10.6 Å². The molecule has 1 aliphatic heterocycles. The Bertz CT molecular complexity index is 970. The molecular weight excluding hydrogens is 362 g/mol. The molecule has 1 aliphatic rings. The molecule has 0 spiro atoms. The van der Waals surface area contributed by atoms with E-state index in [2.05, 4.69) is 31.6 Å². The molecule has 3 aromatic rings. The van der Waals surface area contributed by atoms with Crippen molar-refractivity contribution in [1.29, 1.82) is 0 Å². The van der Waals surface area contributed by atoms with Crippen molar-refractivity contribution >= 4 is 34.2 Å². The van der Waals surface area contributed by atoms with Gasteiger partial charge in [-0.2, -0.15) is 0 Å². The van der Waals surface area contributed by atoms with Crippen LogP contribution in [-0.4, -0.2) is 47.0 Å². The van der Waals surface area contributed by atoms with Crippen molar-refractivity contribution in [2.45, 2.75) is 19.0 Å². The fourth-order valence-electron chi connectivity index (χ4n) is 3.66. The largest absolute Gasteiger partial charge is 0.380 e. The van der Waals surface area contributed by atoms with Gasteiger partial charge in [-0.25, -0.2) is 4.98 Å². The van der Waals surface area contributed by atoms with Gasteiger partial charge >= 0.3 is 0 Å². The second-order valence-electron chi connectivity index (χ2n) is 6.86. The van der Waals surface area contributed by atoms with Crippen LogP contribution in [0.25, 0.3) is 11.0 Å². The summed E-state index contributed by atoms with van der Waals surface area (Å²) >= 11 is 6.09. The van der Waals surface area contributed by atoms with Crippen molar-refractivity contribution in [2.24, 2.45) is 0 Å². The van der Waals surface area contributed by atoms with Crippen LogP contribution >= 0.6 is 11.6 Å². The first kappa shape index (κ1) is 17.8. The number of rotatable bonds is 5. The molecule has 3 N–H and O–H groups in total. The Labute approximate surface area is 162 Å². The highest BCUT2D eigenvalue weighted by atomic mass is 35.5. The smallest absolute Gasteiger partial charge is 0.254 e. The van der Waals surface area contributed by atoms with Crippen LogP contribution in [-0.2, 0) is 6.54 Å².